The maximum Gasteiger partial charge on any atom is 0.246 e. The van der Waals surface area contributed by atoms with Crippen molar-refractivity contribution in [2.45, 2.75) is 40.2 Å². The van der Waals surface area contributed by atoms with Gasteiger partial charge >= 0.3 is 0 Å². The molecule has 1 N–H and O–H groups in total. The first kappa shape index (κ1) is 14.7. The standard InChI is InChI=1S/C15H24N2O/c1-10-8-9-13(12(3)11(10)2)17(7)14(18)15(4,5)16-6/h8-9,16H,1-7H3. The maximum absolute atomic E-state index is 12.4. The van der Waals surface area contributed by atoms with E-state index in [1.165, 1.54) is 11.1 Å². The number of carbonyl (C=O) groups excluding carboxylic acids is 1. The van der Waals surface area contributed by atoms with Crippen LogP contribution in [-0.2, 0) is 4.79 Å². The molecular weight excluding hydrogens is 224 g/mol. The minimum atomic E-state index is -0.556. The van der Waals surface area contributed by atoms with Crippen molar-refractivity contribution in [1.82, 2.24) is 5.32 Å². The number of rotatable bonds is 3. The number of likely N-dealkylation sites (N-methyl/N-ethyl adjacent to an activating group) is 2. The Morgan fingerprint density at radius 1 is 1.17 bits per heavy atom. The monoisotopic (exact) mass is 248 g/mol. The molecule has 18 heavy (non-hydrogen) atoms. The summed E-state index contributed by atoms with van der Waals surface area (Å²) in [7, 11) is 3.64. The molecule has 0 aliphatic rings. The molecule has 0 aliphatic carbocycles. The predicted molar refractivity (Wildman–Crippen MR) is 77.2 cm³/mol. The van der Waals surface area contributed by atoms with E-state index >= 15 is 0 Å². The number of amides is 1. The summed E-state index contributed by atoms with van der Waals surface area (Å²) in [6.07, 6.45) is 0. The topological polar surface area (TPSA) is 32.3 Å². The zero-order valence-corrected chi connectivity index (χ0v) is 12.5. The SMILES string of the molecule is CNC(C)(C)C(=O)N(C)c1ccc(C)c(C)c1C. The van der Waals surface area contributed by atoms with Crippen LogP contribution in [0.2, 0.25) is 0 Å². The van der Waals surface area contributed by atoms with Crippen LogP contribution in [-0.4, -0.2) is 25.5 Å². The highest BCUT2D eigenvalue weighted by Gasteiger charge is 2.29. The molecule has 1 aromatic rings. The van der Waals surface area contributed by atoms with Gasteiger partial charge in [-0.3, -0.25) is 4.79 Å². The van der Waals surface area contributed by atoms with Crippen LogP contribution < -0.4 is 10.2 Å². The highest BCUT2D eigenvalue weighted by Crippen LogP contribution is 2.26. The van der Waals surface area contributed by atoms with E-state index in [1.54, 1.807) is 11.9 Å². The number of anilines is 1. The molecule has 0 atom stereocenters. The summed E-state index contributed by atoms with van der Waals surface area (Å²) >= 11 is 0. The van der Waals surface area contributed by atoms with E-state index in [0.29, 0.717) is 0 Å². The number of aryl methyl sites for hydroxylation is 1. The van der Waals surface area contributed by atoms with Crippen LogP contribution in [0.4, 0.5) is 5.69 Å². The van der Waals surface area contributed by atoms with Gasteiger partial charge in [0.15, 0.2) is 0 Å². The van der Waals surface area contributed by atoms with Gasteiger partial charge in [-0.2, -0.15) is 0 Å². The molecule has 0 aromatic heterocycles. The number of hydrogen-bond acceptors (Lipinski definition) is 2. The van der Waals surface area contributed by atoms with Crippen LogP contribution in [0.5, 0.6) is 0 Å². The zero-order valence-electron chi connectivity index (χ0n) is 12.5. The Morgan fingerprint density at radius 2 is 1.72 bits per heavy atom. The van der Waals surface area contributed by atoms with Crippen molar-refractivity contribution < 1.29 is 4.79 Å². The second kappa shape index (κ2) is 5.11. The molecule has 0 heterocycles. The Morgan fingerprint density at radius 3 is 2.22 bits per heavy atom. The van der Waals surface area contributed by atoms with Crippen LogP contribution >= 0.6 is 0 Å². The van der Waals surface area contributed by atoms with Crippen LogP contribution in [0.15, 0.2) is 12.1 Å². The summed E-state index contributed by atoms with van der Waals surface area (Å²) in [5.74, 6) is 0.0661. The summed E-state index contributed by atoms with van der Waals surface area (Å²) in [6, 6.07) is 4.08. The lowest BCUT2D eigenvalue weighted by molar-refractivity contribution is -0.123. The molecule has 0 spiro atoms. The molecule has 1 amide bonds. The fourth-order valence-electron chi connectivity index (χ4n) is 1.94. The summed E-state index contributed by atoms with van der Waals surface area (Å²) in [5, 5.41) is 3.05. The van der Waals surface area contributed by atoms with Crippen molar-refractivity contribution in [2.24, 2.45) is 0 Å². The Hall–Kier alpha value is -1.35. The van der Waals surface area contributed by atoms with Gasteiger partial charge in [-0.25, -0.2) is 0 Å². The van der Waals surface area contributed by atoms with Crippen LogP contribution in [0.25, 0.3) is 0 Å². The van der Waals surface area contributed by atoms with E-state index in [1.807, 2.05) is 27.0 Å². The van der Waals surface area contributed by atoms with Gasteiger partial charge in [-0.1, -0.05) is 6.07 Å². The number of nitrogens with one attached hydrogen (secondary N) is 1. The number of carbonyl (C=O) groups is 1. The van der Waals surface area contributed by atoms with E-state index < -0.39 is 5.54 Å². The Labute approximate surface area is 110 Å². The molecule has 100 valence electrons. The van der Waals surface area contributed by atoms with Crippen LogP contribution in [0.1, 0.15) is 30.5 Å². The van der Waals surface area contributed by atoms with Gasteiger partial charge in [-0.05, 0) is 64.4 Å². The molecule has 0 saturated carbocycles. The van der Waals surface area contributed by atoms with E-state index in [0.717, 1.165) is 11.3 Å². The fraction of sp³-hybridized carbons (Fsp3) is 0.533. The van der Waals surface area contributed by atoms with E-state index in [2.05, 4.69) is 32.2 Å². The molecule has 0 fully saturated rings. The number of nitrogens with zero attached hydrogens (tertiary/aromatic N) is 1. The molecule has 1 aromatic carbocycles. The smallest absolute Gasteiger partial charge is 0.246 e. The highest BCUT2D eigenvalue weighted by atomic mass is 16.2. The normalized spacial score (nSPS) is 11.5. The third-order valence-electron chi connectivity index (χ3n) is 3.86. The largest absolute Gasteiger partial charge is 0.314 e. The Bertz CT molecular complexity index is 464. The highest BCUT2D eigenvalue weighted by molar-refractivity contribution is 5.99. The van der Waals surface area contributed by atoms with Gasteiger partial charge in [0.25, 0.3) is 0 Å². The quantitative estimate of drug-likeness (QED) is 0.891. The summed E-state index contributed by atoms with van der Waals surface area (Å²) in [4.78, 5) is 14.1. The van der Waals surface area contributed by atoms with Crippen molar-refractivity contribution in [1.29, 1.82) is 0 Å². The molecule has 0 bridgehead atoms. The molecule has 3 heteroatoms. The van der Waals surface area contributed by atoms with Crippen molar-refractivity contribution in [3.8, 4) is 0 Å². The van der Waals surface area contributed by atoms with Crippen LogP contribution in [0.3, 0.4) is 0 Å². The van der Waals surface area contributed by atoms with E-state index in [-0.39, 0.29) is 5.91 Å². The second-order valence-electron chi connectivity index (χ2n) is 5.39. The molecule has 0 aliphatic heterocycles. The average Bonchev–Trinajstić information content (AvgIpc) is 2.34. The molecule has 0 unspecified atom stereocenters. The predicted octanol–water partition coefficient (Wildman–Crippen LogP) is 2.57. The number of benzene rings is 1. The van der Waals surface area contributed by atoms with Crippen molar-refractivity contribution in [2.75, 3.05) is 19.0 Å². The maximum atomic E-state index is 12.4. The molecule has 1 rings (SSSR count). The van der Waals surface area contributed by atoms with E-state index in [9.17, 15) is 4.79 Å². The van der Waals surface area contributed by atoms with Crippen molar-refractivity contribution in [3.05, 3.63) is 28.8 Å². The fourth-order valence-corrected chi connectivity index (χ4v) is 1.94. The minimum Gasteiger partial charge on any atom is -0.314 e. The van der Waals surface area contributed by atoms with Gasteiger partial charge in [0.2, 0.25) is 5.91 Å². The van der Waals surface area contributed by atoms with E-state index in [4.69, 9.17) is 0 Å². The molecule has 0 saturated heterocycles. The van der Waals surface area contributed by atoms with Gasteiger partial charge in [0, 0.05) is 12.7 Å². The third kappa shape index (κ3) is 2.56. The second-order valence-corrected chi connectivity index (χ2v) is 5.39. The zero-order chi connectivity index (χ0) is 14.1. The summed E-state index contributed by atoms with van der Waals surface area (Å²) in [6.45, 7) is 10.0. The first-order valence-corrected chi connectivity index (χ1v) is 6.26. The number of hydrogen-bond donors (Lipinski definition) is 1. The average molecular weight is 248 g/mol. The minimum absolute atomic E-state index is 0.0661. The van der Waals surface area contributed by atoms with Gasteiger partial charge in [0.05, 0.1) is 5.54 Å². The summed E-state index contributed by atoms with van der Waals surface area (Å²) in [5.41, 5.74) is 4.09. The van der Waals surface area contributed by atoms with Gasteiger partial charge in [0.1, 0.15) is 0 Å². The van der Waals surface area contributed by atoms with Gasteiger partial charge < -0.3 is 10.2 Å². The third-order valence-corrected chi connectivity index (χ3v) is 3.86. The molecular formula is C15H24N2O. The van der Waals surface area contributed by atoms with Crippen molar-refractivity contribution >= 4 is 11.6 Å². The lowest BCUT2D eigenvalue weighted by Gasteiger charge is -2.30. The van der Waals surface area contributed by atoms with Crippen molar-refractivity contribution in [3.63, 3.8) is 0 Å². The van der Waals surface area contributed by atoms with Gasteiger partial charge in [-0.15, -0.1) is 0 Å². The molecule has 0 radical (unpaired) electrons. The first-order valence-electron chi connectivity index (χ1n) is 6.26. The lowest BCUT2D eigenvalue weighted by Crippen LogP contribution is -2.52. The first-order chi connectivity index (χ1) is 8.22. The summed E-state index contributed by atoms with van der Waals surface area (Å²) < 4.78 is 0. The Kier molecular flexibility index (Phi) is 4.17. The Balaban J connectivity index is 3.16. The lowest BCUT2D eigenvalue weighted by atomic mass is 9.99. The van der Waals surface area contributed by atoms with Crippen LogP contribution in [0, 0.1) is 20.8 Å². The molecule has 3 nitrogen and oxygen atoms in total.